The number of hydrogen-bond donors (Lipinski definition) is 1. The summed E-state index contributed by atoms with van der Waals surface area (Å²) in [6, 6.07) is 13.6. The molecule has 0 aromatic heterocycles. The minimum atomic E-state index is -0.578. The summed E-state index contributed by atoms with van der Waals surface area (Å²) in [5.41, 5.74) is 1.87. The Morgan fingerprint density at radius 1 is 1.14 bits per heavy atom. The van der Waals surface area contributed by atoms with Gasteiger partial charge in [-0.05, 0) is 50.3 Å². The molecule has 3 rings (SSSR count). The fourth-order valence-corrected chi connectivity index (χ4v) is 3.09. The monoisotopic (exact) mass is 379 g/mol. The van der Waals surface area contributed by atoms with Gasteiger partial charge in [0, 0.05) is 16.9 Å². The van der Waals surface area contributed by atoms with Crippen molar-refractivity contribution in [3.8, 4) is 11.5 Å². The third-order valence-corrected chi connectivity index (χ3v) is 4.45. The molecule has 1 heterocycles. The lowest BCUT2D eigenvalue weighted by atomic mass is 10.0. The number of phenolic OH excluding ortho intramolecular Hbond substituents is 1. The van der Waals surface area contributed by atoms with E-state index in [9.17, 15) is 14.7 Å². The van der Waals surface area contributed by atoms with Crippen LogP contribution in [0.3, 0.4) is 0 Å². The van der Waals surface area contributed by atoms with Gasteiger partial charge in [0.15, 0.2) is 0 Å². The molecule has 1 aliphatic heterocycles. The van der Waals surface area contributed by atoms with Crippen LogP contribution in [0, 0.1) is 0 Å². The zero-order chi connectivity index (χ0) is 20.3. The Morgan fingerprint density at radius 2 is 1.82 bits per heavy atom. The number of allylic oxidation sites excluding steroid dienone is 1. The molecule has 0 saturated carbocycles. The van der Waals surface area contributed by atoms with Gasteiger partial charge >= 0.3 is 5.97 Å². The largest absolute Gasteiger partial charge is 0.507 e. The van der Waals surface area contributed by atoms with Crippen LogP contribution in [0.5, 0.6) is 11.5 Å². The molecule has 6 nitrogen and oxygen atoms in total. The van der Waals surface area contributed by atoms with Crippen molar-refractivity contribution in [2.75, 3.05) is 18.6 Å². The molecular formula is C22H21NO5. The highest BCUT2D eigenvalue weighted by molar-refractivity contribution is 6.23. The first kappa shape index (κ1) is 19.2. The molecule has 6 heteroatoms. The van der Waals surface area contributed by atoms with Crippen LogP contribution in [0.1, 0.15) is 19.4 Å². The Labute approximate surface area is 163 Å². The number of para-hydroxylation sites is 1. The highest BCUT2D eigenvalue weighted by Gasteiger charge is 2.38. The molecule has 0 atom stereocenters. The molecule has 1 amide bonds. The number of ether oxygens (including phenoxy) is 2. The standard InChI is InChI=1S/C22H21NO5/c1-4-28-22(26)20-14(2)23(16-9-11-17(27-3)12-10-16)21(25)18(20)13-15-7-5-6-8-19(15)24/h5-13,24H,4H2,1-3H3/b18-13-. The normalized spacial score (nSPS) is 15.3. The quantitative estimate of drug-likeness (QED) is 0.634. The minimum Gasteiger partial charge on any atom is -0.507 e. The molecule has 1 aliphatic rings. The van der Waals surface area contributed by atoms with Crippen LogP contribution in [0.2, 0.25) is 0 Å². The van der Waals surface area contributed by atoms with Gasteiger partial charge in [0.05, 0.1) is 24.9 Å². The third kappa shape index (κ3) is 3.49. The maximum atomic E-state index is 13.2. The van der Waals surface area contributed by atoms with Gasteiger partial charge in [-0.15, -0.1) is 0 Å². The van der Waals surface area contributed by atoms with Crippen molar-refractivity contribution in [3.05, 3.63) is 70.9 Å². The number of benzene rings is 2. The molecule has 0 spiro atoms. The first-order valence-corrected chi connectivity index (χ1v) is 8.84. The van der Waals surface area contributed by atoms with Crippen molar-refractivity contribution >= 4 is 23.6 Å². The third-order valence-electron chi connectivity index (χ3n) is 4.45. The fraction of sp³-hybridized carbons (Fsp3) is 0.182. The molecule has 2 aromatic carbocycles. The number of anilines is 1. The number of phenols is 1. The predicted molar refractivity (Wildman–Crippen MR) is 106 cm³/mol. The summed E-state index contributed by atoms with van der Waals surface area (Å²) >= 11 is 0. The van der Waals surface area contributed by atoms with Crippen LogP contribution in [0.15, 0.2) is 65.4 Å². The van der Waals surface area contributed by atoms with Gasteiger partial charge in [-0.25, -0.2) is 4.79 Å². The second-order valence-corrected chi connectivity index (χ2v) is 6.14. The van der Waals surface area contributed by atoms with Crippen molar-refractivity contribution in [1.82, 2.24) is 0 Å². The first-order valence-electron chi connectivity index (χ1n) is 8.84. The number of hydrogen-bond acceptors (Lipinski definition) is 5. The summed E-state index contributed by atoms with van der Waals surface area (Å²) in [7, 11) is 1.56. The van der Waals surface area contributed by atoms with Gasteiger partial charge in [0.25, 0.3) is 5.91 Å². The first-order chi connectivity index (χ1) is 13.5. The van der Waals surface area contributed by atoms with E-state index in [1.165, 1.54) is 17.0 Å². The number of rotatable bonds is 5. The summed E-state index contributed by atoms with van der Waals surface area (Å²) in [6.07, 6.45) is 1.51. The zero-order valence-electron chi connectivity index (χ0n) is 15.9. The Balaban J connectivity index is 2.12. The van der Waals surface area contributed by atoms with E-state index < -0.39 is 5.97 Å². The van der Waals surface area contributed by atoms with Crippen molar-refractivity contribution in [2.24, 2.45) is 0 Å². The van der Waals surface area contributed by atoms with Crippen LogP contribution < -0.4 is 9.64 Å². The molecule has 28 heavy (non-hydrogen) atoms. The lowest BCUT2D eigenvalue weighted by Crippen LogP contribution is -2.24. The van der Waals surface area contributed by atoms with Crippen LogP contribution >= 0.6 is 0 Å². The Morgan fingerprint density at radius 3 is 2.43 bits per heavy atom. The van der Waals surface area contributed by atoms with Crippen molar-refractivity contribution < 1.29 is 24.2 Å². The van der Waals surface area contributed by atoms with Crippen LogP contribution in [0.25, 0.3) is 6.08 Å². The van der Waals surface area contributed by atoms with E-state index in [4.69, 9.17) is 9.47 Å². The van der Waals surface area contributed by atoms with Gasteiger partial charge < -0.3 is 14.6 Å². The SMILES string of the molecule is CCOC(=O)C1=C(C)N(c2ccc(OC)cc2)C(=O)/C1=C\c1ccccc1O. The second kappa shape index (κ2) is 8.00. The molecule has 0 aliphatic carbocycles. The lowest BCUT2D eigenvalue weighted by molar-refractivity contribution is -0.138. The van der Waals surface area contributed by atoms with Gasteiger partial charge in [0.1, 0.15) is 11.5 Å². The number of esters is 1. The van der Waals surface area contributed by atoms with Gasteiger partial charge in [-0.1, -0.05) is 18.2 Å². The highest BCUT2D eigenvalue weighted by atomic mass is 16.5. The lowest BCUT2D eigenvalue weighted by Gasteiger charge is -2.18. The molecule has 0 unspecified atom stereocenters. The molecule has 144 valence electrons. The predicted octanol–water partition coefficient (Wildman–Crippen LogP) is 3.67. The van der Waals surface area contributed by atoms with Crippen LogP contribution in [-0.2, 0) is 14.3 Å². The van der Waals surface area contributed by atoms with Crippen molar-refractivity contribution in [2.45, 2.75) is 13.8 Å². The number of carbonyl (C=O) groups excluding carboxylic acids is 2. The van der Waals surface area contributed by atoms with E-state index in [0.717, 1.165) is 0 Å². The molecule has 0 radical (unpaired) electrons. The average Bonchev–Trinajstić information content (AvgIpc) is 2.94. The number of carbonyl (C=O) groups is 2. The van der Waals surface area contributed by atoms with Crippen LogP contribution in [-0.4, -0.2) is 30.7 Å². The van der Waals surface area contributed by atoms with E-state index in [-0.39, 0.29) is 29.4 Å². The zero-order valence-corrected chi connectivity index (χ0v) is 15.9. The Hall–Kier alpha value is -3.54. The molecule has 0 bridgehead atoms. The molecular weight excluding hydrogens is 358 g/mol. The highest BCUT2D eigenvalue weighted by Crippen LogP contribution is 2.36. The summed E-state index contributed by atoms with van der Waals surface area (Å²) in [4.78, 5) is 27.2. The number of aromatic hydroxyl groups is 1. The smallest absolute Gasteiger partial charge is 0.340 e. The van der Waals surface area contributed by atoms with Gasteiger partial charge in [0.2, 0.25) is 0 Å². The van der Waals surface area contributed by atoms with Crippen molar-refractivity contribution in [1.29, 1.82) is 0 Å². The fourth-order valence-electron chi connectivity index (χ4n) is 3.09. The molecule has 0 saturated heterocycles. The molecule has 0 fully saturated rings. The Bertz CT molecular complexity index is 973. The summed E-state index contributed by atoms with van der Waals surface area (Å²) in [6.45, 7) is 3.59. The molecule has 1 N–H and O–H groups in total. The second-order valence-electron chi connectivity index (χ2n) is 6.14. The molecule has 2 aromatic rings. The van der Waals surface area contributed by atoms with E-state index in [2.05, 4.69) is 0 Å². The number of methoxy groups -OCH3 is 1. The van der Waals surface area contributed by atoms with E-state index >= 15 is 0 Å². The van der Waals surface area contributed by atoms with Crippen molar-refractivity contribution in [3.63, 3.8) is 0 Å². The summed E-state index contributed by atoms with van der Waals surface area (Å²) in [5, 5.41) is 10.1. The van der Waals surface area contributed by atoms with Gasteiger partial charge in [-0.2, -0.15) is 0 Å². The average molecular weight is 379 g/mol. The maximum Gasteiger partial charge on any atom is 0.340 e. The number of nitrogens with zero attached hydrogens (tertiary/aromatic N) is 1. The summed E-state index contributed by atoms with van der Waals surface area (Å²) in [5.74, 6) is -0.265. The van der Waals surface area contributed by atoms with E-state index in [0.29, 0.717) is 22.7 Å². The maximum absolute atomic E-state index is 13.2. The van der Waals surface area contributed by atoms with E-state index in [1.54, 1.807) is 63.4 Å². The summed E-state index contributed by atoms with van der Waals surface area (Å²) < 4.78 is 10.3. The van der Waals surface area contributed by atoms with Crippen LogP contribution in [0.4, 0.5) is 5.69 Å². The number of amides is 1. The minimum absolute atomic E-state index is 0.0200. The topological polar surface area (TPSA) is 76.1 Å². The van der Waals surface area contributed by atoms with E-state index in [1.807, 2.05) is 0 Å². The van der Waals surface area contributed by atoms with Gasteiger partial charge in [-0.3, -0.25) is 9.69 Å². The Kier molecular flexibility index (Phi) is 5.49.